The molecule has 1 unspecified atom stereocenters. The van der Waals surface area contributed by atoms with Crippen LogP contribution in [0.3, 0.4) is 0 Å². The number of amides is 2. The van der Waals surface area contributed by atoms with Crippen molar-refractivity contribution in [3.63, 3.8) is 0 Å². The largest absolute Gasteiger partial charge is 0.507 e. The van der Waals surface area contributed by atoms with Gasteiger partial charge in [0.15, 0.2) is 5.54 Å². The van der Waals surface area contributed by atoms with Crippen molar-refractivity contribution in [3.05, 3.63) is 70.8 Å². The van der Waals surface area contributed by atoms with Gasteiger partial charge in [-0.05, 0) is 46.5 Å². The maximum atomic E-state index is 14.3. The molecule has 2 aliphatic heterocycles. The topological polar surface area (TPSA) is 81.2 Å². The van der Waals surface area contributed by atoms with Crippen LogP contribution in [0.2, 0.25) is 0 Å². The molecule has 0 aliphatic carbocycles. The minimum atomic E-state index is -1.68. The Labute approximate surface area is 206 Å². The maximum absolute atomic E-state index is 14.3. The first-order valence-corrected chi connectivity index (χ1v) is 12.2. The average molecular weight is 476 g/mol. The molecule has 184 valence electrons. The molecule has 1 spiro atoms. The zero-order valence-electron chi connectivity index (χ0n) is 20.9. The standard InChI is InChI=1S/C28H33N3O4/c1-5-6-17-30-22-11-8-7-10-21(22)28(27(30)35)23(24(32)20-14-12-19(2)13-15-20)25(33)26(34)31(28)18-9-16-29(3)4/h7-8,10-15,32H,5-6,9,16-18H2,1-4H3. The number of benzene rings is 2. The van der Waals surface area contributed by atoms with Crippen molar-refractivity contribution in [3.8, 4) is 0 Å². The highest BCUT2D eigenvalue weighted by Gasteiger charge is 2.66. The number of ketones is 1. The smallest absolute Gasteiger partial charge is 0.296 e. The van der Waals surface area contributed by atoms with E-state index >= 15 is 0 Å². The molecule has 2 heterocycles. The Morgan fingerprint density at radius 2 is 1.66 bits per heavy atom. The van der Waals surface area contributed by atoms with Crippen molar-refractivity contribution in [1.82, 2.24) is 9.80 Å². The average Bonchev–Trinajstić information content (AvgIpc) is 3.21. The first-order valence-electron chi connectivity index (χ1n) is 12.2. The zero-order valence-corrected chi connectivity index (χ0v) is 20.9. The summed E-state index contributed by atoms with van der Waals surface area (Å²) < 4.78 is 0. The van der Waals surface area contributed by atoms with E-state index in [-0.39, 0.29) is 23.8 Å². The second-order valence-electron chi connectivity index (χ2n) is 9.57. The zero-order chi connectivity index (χ0) is 25.3. The van der Waals surface area contributed by atoms with Crippen molar-refractivity contribution in [1.29, 1.82) is 0 Å². The van der Waals surface area contributed by atoms with Crippen LogP contribution >= 0.6 is 0 Å². The molecule has 2 aliphatic rings. The van der Waals surface area contributed by atoms with Gasteiger partial charge in [0.05, 0.1) is 11.3 Å². The van der Waals surface area contributed by atoms with E-state index in [1.165, 1.54) is 4.90 Å². The lowest BCUT2D eigenvalue weighted by molar-refractivity contribution is -0.143. The normalized spacial score (nSPS) is 21.0. The summed E-state index contributed by atoms with van der Waals surface area (Å²) in [5.74, 6) is -2.25. The van der Waals surface area contributed by atoms with Gasteiger partial charge in [0.1, 0.15) is 5.76 Å². The lowest BCUT2D eigenvalue weighted by Gasteiger charge is -2.34. The quantitative estimate of drug-likeness (QED) is 0.358. The molecule has 0 radical (unpaired) electrons. The highest BCUT2D eigenvalue weighted by atomic mass is 16.3. The number of unbranched alkanes of at least 4 members (excludes halogenated alkanes) is 1. The Hall–Kier alpha value is -3.45. The molecule has 35 heavy (non-hydrogen) atoms. The van der Waals surface area contributed by atoms with Gasteiger partial charge in [0.25, 0.3) is 17.6 Å². The number of para-hydroxylation sites is 1. The fourth-order valence-electron chi connectivity index (χ4n) is 5.11. The third-order valence-corrected chi connectivity index (χ3v) is 6.86. The van der Waals surface area contributed by atoms with Gasteiger partial charge in [0, 0.05) is 24.2 Å². The predicted molar refractivity (Wildman–Crippen MR) is 136 cm³/mol. The summed E-state index contributed by atoms with van der Waals surface area (Å²) in [6.45, 7) is 5.35. The Morgan fingerprint density at radius 1 is 0.971 bits per heavy atom. The molecular weight excluding hydrogens is 442 g/mol. The van der Waals surface area contributed by atoms with E-state index in [1.54, 1.807) is 23.1 Å². The summed E-state index contributed by atoms with van der Waals surface area (Å²) in [4.78, 5) is 46.4. The number of aliphatic hydroxyl groups excluding tert-OH is 1. The lowest BCUT2D eigenvalue weighted by Crippen LogP contribution is -2.52. The number of aryl methyl sites for hydroxylation is 1. The van der Waals surface area contributed by atoms with Crippen LogP contribution < -0.4 is 4.90 Å². The van der Waals surface area contributed by atoms with E-state index in [9.17, 15) is 19.5 Å². The first kappa shape index (κ1) is 24.7. The number of hydrogen-bond donors (Lipinski definition) is 1. The van der Waals surface area contributed by atoms with E-state index in [1.807, 2.05) is 63.2 Å². The maximum Gasteiger partial charge on any atom is 0.296 e. The molecule has 7 nitrogen and oxygen atoms in total. The summed E-state index contributed by atoms with van der Waals surface area (Å²) in [5.41, 5.74) is 0.818. The van der Waals surface area contributed by atoms with Crippen molar-refractivity contribution in [2.45, 2.75) is 38.6 Å². The predicted octanol–water partition coefficient (Wildman–Crippen LogP) is 3.67. The molecule has 2 aromatic carbocycles. The number of rotatable bonds is 8. The molecule has 0 aromatic heterocycles. The Balaban J connectivity index is 1.97. The first-order chi connectivity index (χ1) is 16.7. The number of aliphatic hydroxyl groups is 1. The van der Waals surface area contributed by atoms with Gasteiger partial charge >= 0.3 is 0 Å². The van der Waals surface area contributed by atoms with Crippen molar-refractivity contribution in [2.24, 2.45) is 0 Å². The molecule has 1 atom stereocenters. The fourth-order valence-corrected chi connectivity index (χ4v) is 5.11. The van der Waals surface area contributed by atoms with Crippen LogP contribution in [0.1, 0.15) is 42.9 Å². The van der Waals surface area contributed by atoms with Crippen molar-refractivity contribution >= 4 is 29.0 Å². The second kappa shape index (κ2) is 9.66. The molecule has 2 amide bonds. The minimum Gasteiger partial charge on any atom is -0.507 e. The van der Waals surface area contributed by atoms with Crippen molar-refractivity contribution < 1.29 is 19.5 Å². The van der Waals surface area contributed by atoms with Crippen molar-refractivity contribution in [2.75, 3.05) is 38.6 Å². The van der Waals surface area contributed by atoms with Crippen LogP contribution in [0.15, 0.2) is 54.1 Å². The van der Waals surface area contributed by atoms with Gasteiger partial charge in [-0.2, -0.15) is 0 Å². The highest BCUT2D eigenvalue weighted by Crippen LogP contribution is 2.53. The van der Waals surface area contributed by atoms with E-state index in [0.29, 0.717) is 36.3 Å². The van der Waals surface area contributed by atoms with Gasteiger partial charge in [-0.3, -0.25) is 14.4 Å². The number of likely N-dealkylation sites (tertiary alicyclic amines) is 1. The molecule has 7 heteroatoms. The molecule has 1 fully saturated rings. The molecule has 0 saturated carbocycles. The van der Waals surface area contributed by atoms with E-state index in [4.69, 9.17) is 0 Å². The Bertz CT molecular complexity index is 1180. The Kier molecular flexibility index (Phi) is 6.81. The second-order valence-corrected chi connectivity index (χ2v) is 9.57. The molecule has 2 aromatic rings. The number of fused-ring (bicyclic) bond motifs is 2. The lowest BCUT2D eigenvalue weighted by atomic mass is 9.81. The molecule has 4 rings (SSSR count). The van der Waals surface area contributed by atoms with Crippen LogP contribution in [-0.2, 0) is 19.9 Å². The number of hydrogen-bond acceptors (Lipinski definition) is 5. The Morgan fingerprint density at radius 3 is 2.31 bits per heavy atom. The van der Waals surface area contributed by atoms with Crippen LogP contribution in [-0.4, -0.2) is 66.2 Å². The summed E-state index contributed by atoms with van der Waals surface area (Å²) in [6.07, 6.45) is 2.25. The fraction of sp³-hybridized carbons (Fsp3) is 0.393. The van der Waals surface area contributed by atoms with Gasteiger partial charge in [-0.25, -0.2) is 0 Å². The summed E-state index contributed by atoms with van der Waals surface area (Å²) >= 11 is 0. The molecule has 1 saturated heterocycles. The molecule has 0 bridgehead atoms. The van der Waals surface area contributed by atoms with Gasteiger partial charge < -0.3 is 19.8 Å². The van der Waals surface area contributed by atoms with Crippen LogP contribution in [0, 0.1) is 6.92 Å². The van der Waals surface area contributed by atoms with Crippen LogP contribution in [0.25, 0.3) is 5.76 Å². The van der Waals surface area contributed by atoms with Gasteiger partial charge in [0.2, 0.25) is 0 Å². The number of anilines is 1. The van der Waals surface area contributed by atoms with E-state index in [0.717, 1.165) is 18.4 Å². The number of Topliss-reactive ketones (excluding diaryl/α,β-unsaturated/α-hetero) is 1. The van der Waals surface area contributed by atoms with Crippen LogP contribution in [0.4, 0.5) is 5.69 Å². The molecular formula is C28H33N3O4. The number of nitrogens with zero attached hydrogens (tertiary/aromatic N) is 3. The highest BCUT2D eigenvalue weighted by molar-refractivity contribution is 6.50. The SMILES string of the molecule is CCCCN1C(=O)C2(C(=C(O)c3ccc(C)cc3)C(=O)C(=O)N2CCCN(C)C)c2ccccc21. The van der Waals surface area contributed by atoms with Gasteiger partial charge in [-0.1, -0.05) is 61.4 Å². The van der Waals surface area contributed by atoms with E-state index in [2.05, 4.69) is 0 Å². The van der Waals surface area contributed by atoms with E-state index < -0.39 is 17.2 Å². The number of carbonyl (C=O) groups is 3. The van der Waals surface area contributed by atoms with Crippen LogP contribution in [0.5, 0.6) is 0 Å². The van der Waals surface area contributed by atoms with Gasteiger partial charge in [-0.15, -0.1) is 0 Å². The molecule has 1 N–H and O–H groups in total. The minimum absolute atomic E-state index is 0.146. The summed E-state index contributed by atoms with van der Waals surface area (Å²) in [7, 11) is 3.87. The monoisotopic (exact) mass is 475 g/mol. The third kappa shape index (κ3) is 3.93. The third-order valence-electron chi connectivity index (χ3n) is 6.86. The summed E-state index contributed by atoms with van der Waals surface area (Å²) in [5, 5.41) is 11.5. The number of carbonyl (C=O) groups excluding carboxylic acids is 3. The summed E-state index contributed by atoms with van der Waals surface area (Å²) in [6, 6.07) is 14.4.